The molecular formula is C24H24N2O4. The Morgan fingerprint density at radius 2 is 1.83 bits per heavy atom. The first-order valence-corrected chi connectivity index (χ1v) is 9.38. The van der Waals surface area contributed by atoms with E-state index in [2.05, 4.69) is 11.9 Å². The van der Waals surface area contributed by atoms with E-state index in [9.17, 15) is 14.4 Å². The van der Waals surface area contributed by atoms with Gasteiger partial charge in [-0.3, -0.25) is 14.9 Å². The van der Waals surface area contributed by atoms with E-state index in [1.807, 2.05) is 43.3 Å². The molecule has 0 aromatic heterocycles. The molecule has 0 aliphatic heterocycles. The lowest BCUT2D eigenvalue weighted by atomic mass is 10.0. The number of nitrogens with zero attached hydrogens (tertiary/aromatic N) is 1. The number of unbranched alkanes of at least 4 members (excludes halogenated alkanes) is 1. The van der Waals surface area contributed by atoms with E-state index in [1.165, 1.54) is 12.2 Å². The van der Waals surface area contributed by atoms with Crippen LogP contribution in [0.1, 0.15) is 25.3 Å². The van der Waals surface area contributed by atoms with Crippen LogP contribution in [-0.4, -0.2) is 24.4 Å². The molecule has 1 N–H and O–H groups in total. The first kappa shape index (κ1) is 24.1. The van der Waals surface area contributed by atoms with Gasteiger partial charge in [-0.2, -0.15) is 5.26 Å². The summed E-state index contributed by atoms with van der Waals surface area (Å²) >= 11 is 0. The van der Waals surface area contributed by atoms with Crippen molar-refractivity contribution in [2.45, 2.75) is 19.8 Å². The summed E-state index contributed by atoms with van der Waals surface area (Å²) in [5.74, 6) is -1.93. The van der Waals surface area contributed by atoms with Crippen LogP contribution in [0, 0.1) is 11.3 Å². The predicted octanol–water partition coefficient (Wildman–Crippen LogP) is 3.80. The van der Waals surface area contributed by atoms with Gasteiger partial charge in [0.15, 0.2) is 0 Å². The zero-order valence-electron chi connectivity index (χ0n) is 16.8. The van der Waals surface area contributed by atoms with E-state index in [0.29, 0.717) is 12.0 Å². The number of hydrogen-bond acceptors (Lipinski definition) is 5. The molecular weight excluding hydrogens is 380 g/mol. The minimum atomic E-state index is -0.673. The number of ether oxygens (including phenoxy) is 1. The maximum Gasteiger partial charge on any atom is 0.338 e. The average Bonchev–Trinajstić information content (AvgIpc) is 2.75. The minimum Gasteiger partial charge on any atom is -0.462 e. The number of benzene rings is 1. The molecule has 0 saturated heterocycles. The van der Waals surface area contributed by atoms with Gasteiger partial charge in [0.05, 0.1) is 18.2 Å². The fraction of sp³-hybridized carbons (Fsp3) is 0.167. The standard InChI is InChI=1S/C24H24N2O4/c1-3-5-18-30-24(29)21(12-9-17-25)20(14-13-19-10-7-6-8-11-19)15-16-23(28)26-22(27)4-2/h4,6-16H,2-3,5,18H2,1H3,(H,26,27,28). The first-order chi connectivity index (χ1) is 14.5. The third-order valence-electron chi connectivity index (χ3n) is 3.69. The number of esters is 1. The maximum atomic E-state index is 12.6. The lowest BCUT2D eigenvalue weighted by Crippen LogP contribution is -2.26. The largest absolute Gasteiger partial charge is 0.462 e. The monoisotopic (exact) mass is 404 g/mol. The summed E-state index contributed by atoms with van der Waals surface area (Å²) in [6, 6.07) is 11.2. The van der Waals surface area contributed by atoms with E-state index < -0.39 is 17.8 Å². The molecule has 2 amide bonds. The van der Waals surface area contributed by atoms with E-state index in [4.69, 9.17) is 10.00 Å². The molecule has 6 heteroatoms. The first-order valence-electron chi connectivity index (χ1n) is 9.38. The number of allylic oxidation sites excluding steroid dienone is 4. The SMILES string of the molecule is C=CC(=O)NC(=O)C=CC(C=Cc1ccccc1)=C(C=CC#N)C(=O)OCCCC. The number of imide groups is 1. The molecule has 0 atom stereocenters. The van der Waals surface area contributed by atoms with Gasteiger partial charge in [-0.25, -0.2) is 4.79 Å². The second-order valence-electron chi connectivity index (χ2n) is 5.96. The second-order valence-corrected chi connectivity index (χ2v) is 5.96. The second kappa shape index (κ2) is 14.1. The smallest absolute Gasteiger partial charge is 0.338 e. The number of nitriles is 1. The Morgan fingerprint density at radius 1 is 1.10 bits per heavy atom. The Balaban J connectivity index is 3.33. The molecule has 1 rings (SSSR count). The van der Waals surface area contributed by atoms with E-state index >= 15 is 0 Å². The summed E-state index contributed by atoms with van der Waals surface area (Å²) in [5, 5.41) is 11.0. The number of hydrogen-bond donors (Lipinski definition) is 1. The van der Waals surface area contributed by atoms with E-state index in [1.54, 1.807) is 12.2 Å². The highest BCUT2D eigenvalue weighted by molar-refractivity contribution is 6.05. The summed E-state index contributed by atoms with van der Waals surface area (Å²) in [6.45, 7) is 5.50. The highest BCUT2D eigenvalue weighted by Crippen LogP contribution is 2.15. The fourth-order valence-corrected chi connectivity index (χ4v) is 2.15. The maximum absolute atomic E-state index is 12.6. The van der Waals surface area contributed by atoms with Gasteiger partial charge in [0.2, 0.25) is 5.91 Å². The summed E-state index contributed by atoms with van der Waals surface area (Å²) in [4.78, 5) is 35.8. The molecule has 154 valence electrons. The van der Waals surface area contributed by atoms with Crippen molar-refractivity contribution in [1.29, 1.82) is 5.26 Å². The number of carbonyl (C=O) groups excluding carboxylic acids is 3. The van der Waals surface area contributed by atoms with Crippen molar-refractivity contribution in [2.75, 3.05) is 6.61 Å². The Labute approximate surface area is 176 Å². The highest BCUT2D eigenvalue weighted by Gasteiger charge is 2.12. The Bertz CT molecular complexity index is 916. The van der Waals surface area contributed by atoms with Gasteiger partial charge < -0.3 is 4.74 Å². The van der Waals surface area contributed by atoms with Crippen molar-refractivity contribution in [3.8, 4) is 6.07 Å². The van der Waals surface area contributed by atoms with E-state index in [-0.39, 0.29) is 12.2 Å². The van der Waals surface area contributed by atoms with Crippen molar-refractivity contribution < 1.29 is 19.1 Å². The van der Waals surface area contributed by atoms with Crippen LogP contribution in [0.2, 0.25) is 0 Å². The van der Waals surface area contributed by atoms with Crippen molar-refractivity contribution in [1.82, 2.24) is 5.32 Å². The molecule has 0 spiro atoms. The summed E-state index contributed by atoms with van der Waals surface area (Å²) in [5.41, 5.74) is 1.32. The quantitative estimate of drug-likeness (QED) is 0.210. The van der Waals surface area contributed by atoms with Gasteiger partial charge in [-0.15, -0.1) is 0 Å². The van der Waals surface area contributed by atoms with Crippen LogP contribution in [0.25, 0.3) is 6.08 Å². The molecule has 0 aliphatic rings. The molecule has 0 fully saturated rings. The lowest BCUT2D eigenvalue weighted by molar-refractivity contribution is -0.138. The Kier molecular flexibility index (Phi) is 11.3. The third kappa shape index (κ3) is 9.29. The predicted molar refractivity (Wildman–Crippen MR) is 116 cm³/mol. The van der Waals surface area contributed by atoms with Crippen LogP contribution in [-0.2, 0) is 19.1 Å². The Morgan fingerprint density at radius 3 is 2.47 bits per heavy atom. The molecule has 30 heavy (non-hydrogen) atoms. The molecule has 0 heterocycles. The van der Waals surface area contributed by atoms with Crippen LogP contribution >= 0.6 is 0 Å². The molecule has 0 radical (unpaired) electrons. The number of nitrogens with one attached hydrogen (secondary N) is 1. The van der Waals surface area contributed by atoms with Crippen LogP contribution in [0.15, 0.2) is 84.5 Å². The third-order valence-corrected chi connectivity index (χ3v) is 3.69. The summed E-state index contributed by atoms with van der Waals surface area (Å²) in [6.07, 6.45) is 10.9. The van der Waals surface area contributed by atoms with Crippen molar-refractivity contribution >= 4 is 23.9 Å². The molecule has 1 aromatic carbocycles. The molecule has 1 aromatic rings. The molecule has 0 unspecified atom stereocenters. The van der Waals surface area contributed by atoms with Crippen LogP contribution in [0.4, 0.5) is 0 Å². The van der Waals surface area contributed by atoms with Crippen LogP contribution in [0.3, 0.4) is 0 Å². The van der Waals surface area contributed by atoms with Crippen LogP contribution in [0.5, 0.6) is 0 Å². The summed E-state index contributed by atoms with van der Waals surface area (Å²) < 4.78 is 5.27. The normalized spacial score (nSPS) is 11.9. The van der Waals surface area contributed by atoms with Gasteiger partial charge >= 0.3 is 5.97 Å². The van der Waals surface area contributed by atoms with Gasteiger partial charge in [-0.1, -0.05) is 62.4 Å². The topological polar surface area (TPSA) is 96.3 Å². The van der Waals surface area contributed by atoms with Gasteiger partial charge in [0.1, 0.15) is 0 Å². The number of amides is 2. The van der Waals surface area contributed by atoms with Gasteiger partial charge in [-0.05, 0) is 35.8 Å². The Hall–Kier alpha value is -3.98. The molecule has 0 bridgehead atoms. The lowest BCUT2D eigenvalue weighted by Gasteiger charge is -2.07. The van der Waals surface area contributed by atoms with Gasteiger partial charge in [0, 0.05) is 12.2 Å². The van der Waals surface area contributed by atoms with Crippen molar-refractivity contribution in [2.24, 2.45) is 0 Å². The zero-order chi connectivity index (χ0) is 22.2. The van der Waals surface area contributed by atoms with Gasteiger partial charge in [0.25, 0.3) is 5.91 Å². The average molecular weight is 404 g/mol. The fourth-order valence-electron chi connectivity index (χ4n) is 2.15. The van der Waals surface area contributed by atoms with Crippen molar-refractivity contribution in [3.05, 3.63) is 90.1 Å². The van der Waals surface area contributed by atoms with Crippen LogP contribution < -0.4 is 5.32 Å². The molecule has 6 nitrogen and oxygen atoms in total. The molecule has 0 saturated carbocycles. The highest BCUT2D eigenvalue weighted by atomic mass is 16.5. The van der Waals surface area contributed by atoms with E-state index in [0.717, 1.165) is 30.2 Å². The number of carbonyl (C=O) groups is 3. The number of rotatable bonds is 10. The molecule has 0 aliphatic carbocycles. The van der Waals surface area contributed by atoms with Crippen molar-refractivity contribution in [3.63, 3.8) is 0 Å². The summed E-state index contributed by atoms with van der Waals surface area (Å²) in [7, 11) is 0. The minimum absolute atomic E-state index is 0.110. The zero-order valence-corrected chi connectivity index (χ0v) is 16.8.